The third kappa shape index (κ3) is 6.62. The van der Waals surface area contributed by atoms with E-state index >= 15 is 0 Å². The Morgan fingerprint density at radius 2 is 1.92 bits per heavy atom. The van der Waals surface area contributed by atoms with Crippen LogP contribution >= 0.6 is 11.6 Å². The van der Waals surface area contributed by atoms with E-state index in [9.17, 15) is 20.2 Å². The second-order valence-electron chi connectivity index (χ2n) is 7.61. The number of nitro benzene ring substituents is 1. The topological polar surface area (TPSA) is 114 Å². The number of non-ortho nitro benzene ring substituents is 1. The van der Waals surface area contributed by atoms with Crippen molar-refractivity contribution in [2.45, 2.75) is 26.9 Å². The monoisotopic (exact) mass is 505 g/mol. The molecule has 0 bridgehead atoms. The van der Waals surface area contributed by atoms with Crippen LogP contribution in [0.15, 0.2) is 66.2 Å². The third-order valence-corrected chi connectivity index (χ3v) is 5.44. The molecule has 1 N–H and O–H groups in total. The first-order valence-corrected chi connectivity index (χ1v) is 11.6. The Morgan fingerprint density at radius 3 is 2.61 bits per heavy atom. The number of carbonyl (C=O) groups is 1. The lowest BCUT2D eigenvalue weighted by molar-refractivity contribution is -0.384. The highest BCUT2D eigenvalue weighted by molar-refractivity contribution is 6.32. The number of nitrogens with zero attached hydrogens (tertiary/aromatic N) is 2. The Balaban J connectivity index is 1.86. The summed E-state index contributed by atoms with van der Waals surface area (Å²) in [5.41, 5.74) is 2.50. The average molecular weight is 506 g/mol. The second-order valence-corrected chi connectivity index (χ2v) is 8.02. The van der Waals surface area contributed by atoms with Gasteiger partial charge in [0.2, 0.25) is 0 Å². The van der Waals surface area contributed by atoms with Gasteiger partial charge in [0.05, 0.1) is 16.6 Å². The molecule has 3 aromatic rings. The zero-order chi connectivity index (χ0) is 26.1. The minimum absolute atomic E-state index is 0.0271. The van der Waals surface area contributed by atoms with Crippen molar-refractivity contribution in [1.29, 1.82) is 5.26 Å². The normalized spacial score (nSPS) is 10.9. The van der Waals surface area contributed by atoms with E-state index in [4.69, 9.17) is 21.1 Å². The van der Waals surface area contributed by atoms with Gasteiger partial charge in [-0.15, -0.1) is 0 Å². The van der Waals surface area contributed by atoms with E-state index in [0.717, 1.165) is 12.0 Å². The molecule has 3 aromatic carbocycles. The van der Waals surface area contributed by atoms with Gasteiger partial charge in [0.1, 0.15) is 18.2 Å². The maximum Gasteiger partial charge on any atom is 0.269 e. The van der Waals surface area contributed by atoms with Gasteiger partial charge in [-0.1, -0.05) is 48.9 Å². The van der Waals surface area contributed by atoms with Gasteiger partial charge in [0, 0.05) is 17.8 Å². The van der Waals surface area contributed by atoms with Gasteiger partial charge in [0.15, 0.2) is 11.5 Å². The van der Waals surface area contributed by atoms with Crippen molar-refractivity contribution in [3.8, 4) is 17.6 Å². The van der Waals surface area contributed by atoms with Crippen molar-refractivity contribution in [3.05, 3.63) is 98.1 Å². The summed E-state index contributed by atoms with van der Waals surface area (Å²) >= 11 is 6.47. The molecule has 0 aliphatic heterocycles. The van der Waals surface area contributed by atoms with Gasteiger partial charge in [0.25, 0.3) is 11.6 Å². The number of para-hydroxylation sites is 1. The molecule has 0 radical (unpaired) electrons. The van der Waals surface area contributed by atoms with Crippen molar-refractivity contribution < 1.29 is 19.2 Å². The highest BCUT2D eigenvalue weighted by Crippen LogP contribution is 2.38. The van der Waals surface area contributed by atoms with Crippen LogP contribution in [0, 0.1) is 21.4 Å². The van der Waals surface area contributed by atoms with E-state index in [-0.39, 0.29) is 28.6 Å². The van der Waals surface area contributed by atoms with E-state index < -0.39 is 10.8 Å². The Kier molecular flexibility index (Phi) is 9.03. The molecule has 9 heteroatoms. The quantitative estimate of drug-likeness (QED) is 0.149. The largest absolute Gasteiger partial charge is 0.490 e. The summed E-state index contributed by atoms with van der Waals surface area (Å²) in [6.45, 7) is 4.11. The van der Waals surface area contributed by atoms with Gasteiger partial charge in [-0.25, -0.2) is 0 Å². The van der Waals surface area contributed by atoms with Crippen LogP contribution in [0.1, 0.15) is 30.5 Å². The Hall–Kier alpha value is -4.35. The highest BCUT2D eigenvalue weighted by atomic mass is 35.5. The lowest BCUT2D eigenvalue weighted by Crippen LogP contribution is -2.14. The highest BCUT2D eigenvalue weighted by Gasteiger charge is 2.16. The smallest absolute Gasteiger partial charge is 0.269 e. The summed E-state index contributed by atoms with van der Waals surface area (Å²) in [7, 11) is 0. The van der Waals surface area contributed by atoms with Gasteiger partial charge >= 0.3 is 0 Å². The average Bonchev–Trinajstić information content (AvgIpc) is 2.87. The minimum atomic E-state index is -0.543. The number of anilines is 1. The molecule has 0 saturated carbocycles. The van der Waals surface area contributed by atoms with Gasteiger partial charge in [-0.05, 0) is 54.3 Å². The number of aryl methyl sites for hydroxylation is 1. The Bertz CT molecular complexity index is 1350. The molecule has 0 unspecified atom stereocenters. The van der Waals surface area contributed by atoms with Gasteiger partial charge < -0.3 is 14.8 Å². The second kappa shape index (κ2) is 12.4. The fourth-order valence-electron chi connectivity index (χ4n) is 3.45. The standard InChI is InChI=1S/C27H24ClN3O5/c1-3-20-9-5-6-11-24(20)30-27(32)21(16-29)12-19-14-23(28)26(25(15-19)35-4-2)36-17-18-8-7-10-22(13-18)31(33)34/h5-15H,3-4,17H2,1-2H3,(H,30,32)/b21-12+. The number of hydrogen-bond donors (Lipinski definition) is 1. The molecule has 0 spiro atoms. The number of benzene rings is 3. The lowest BCUT2D eigenvalue weighted by atomic mass is 10.1. The van der Waals surface area contributed by atoms with Crippen LogP contribution in [-0.2, 0) is 17.8 Å². The zero-order valence-electron chi connectivity index (χ0n) is 19.8. The van der Waals surface area contributed by atoms with Crippen molar-refractivity contribution in [2.75, 3.05) is 11.9 Å². The summed E-state index contributed by atoms with van der Waals surface area (Å²) in [5, 5.41) is 23.6. The van der Waals surface area contributed by atoms with Crippen molar-refractivity contribution >= 4 is 35.0 Å². The molecule has 0 fully saturated rings. The van der Waals surface area contributed by atoms with Crippen molar-refractivity contribution in [1.82, 2.24) is 0 Å². The lowest BCUT2D eigenvalue weighted by Gasteiger charge is -2.15. The molecular weight excluding hydrogens is 482 g/mol. The van der Waals surface area contributed by atoms with Crippen LogP contribution in [0.3, 0.4) is 0 Å². The van der Waals surface area contributed by atoms with Gasteiger partial charge in [-0.2, -0.15) is 5.26 Å². The summed E-state index contributed by atoms with van der Waals surface area (Å²) in [5.74, 6) is 0.0243. The maximum absolute atomic E-state index is 12.8. The summed E-state index contributed by atoms with van der Waals surface area (Å²) < 4.78 is 11.5. The number of nitriles is 1. The molecule has 184 valence electrons. The van der Waals surface area contributed by atoms with Crippen LogP contribution in [0.25, 0.3) is 6.08 Å². The predicted octanol–water partition coefficient (Wildman–Crippen LogP) is 6.33. The molecule has 0 saturated heterocycles. The summed E-state index contributed by atoms with van der Waals surface area (Å²) in [4.78, 5) is 23.3. The van der Waals surface area contributed by atoms with E-state index in [1.165, 1.54) is 18.2 Å². The maximum atomic E-state index is 12.8. The van der Waals surface area contributed by atoms with Crippen molar-refractivity contribution in [3.63, 3.8) is 0 Å². The molecule has 1 amide bonds. The molecular formula is C27H24ClN3O5. The number of rotatable bonds is 10. The van der Waals surface area contributed by atoms with Crippen LogP contribution in [0.2, 0.25) is 5.02 Å². The van der Waals surface area contributed by atoms with E-state index in [2.05, 4.69) is 5.32 Å². The zero-order valence-corrected chi connectivity index (χ0v) is 20.5. The molecule has 0 aromatic heterocycles. The first kappa shape index (κ1) is 26.3. The fourth-order valence-corrected chi connectivity index (χ4v) is 3.72. The summed E-state index contributed by atoms with van der Waals surface area (Å²) in [6, 6.07) is 18.6. The molecule has 0 aliphatic rings. The summed E-state index contributed by atoms with van der Waals surface area (Å²) in [6.07, 6.45) is 2.15. The first-order valence-electron chi connectivity index (χ1n) is 11.2. The predicted molar refractivity (Wildman–Crippen MR) is 138 cm³/mol. The van der Waals surface area contributed by atoms with Crippen LogP contribution in [0.4, 0.5) is 11.4 Å². The molecule has 0 heterocycles. The number of halogens is 1. The number of amides is 1. The first-order chi connectivity index (χ1) is 17.4. The molecule has 0 aliphatic carbocycles. The number of nitrogens with one attached hydrogen (secondary N) is 1. The number of ether oxygens (including phenoxy) is 2. The van der Waals surface area contributed by atoms with Crippen molar-refractivity contribution in [2.24, 2.45) is 0 Å². The Morgan fingerprint density at radius 1 is 1.14 bits per heavy atom. The fraction of sp³-hybridized carbons (Fsp3) is 0.185. The Labute approximate surface area is 213 Å². The number of carbonyl (C=O) groups excluding carboxylic acids is 1. The van der Waals surface area contributed by atoms with E-state index in [1.807, 2.05) is 31.2 Å². The third-order valence-electron chi connectivity index (χ3n) is 5.16. The molecule has 8 nitrogen and oxygen atoms in total. The van der Waals surface area contributed by atoms with Crippen LogP contribution in [-0.4, -0.2) is 17.4 Å². The minimum Gasteiger partial charge on any atom is -0.490 e. The van der Waals surface area contributed by atoms with Gasteiger partial charge in [-0.3, -0.25) is 14.9 Å². The molecule has 36 heavy (non-hydrogen) atoms. The molecule has 0 atom stereocenters. The SMILES string of the molecule is CCOc1cc(/C=C(\C#N)C(=O)Nc2ccccc2CC)cc(Cl)c1OCc1cccc([N+](=O)[O-])c1. The van der Waals surface area contributed by atoms with E-state index in [1.54, 1.807) is 37.3 Å². The molecule has 3 rings (SSSR count). The van der Waals surface area contributed by atoms with Crippen LogP contribution < -0.4 is 14.8 Å². The number of nitro groups is 1. The van der Waals surface area contributed by atoms with E-state index in [0.29, 0.717) is 29.2 Å². The van der Waals surface area contributed by atoms with Crippen LogP contribution in [0.5, 0.6) is 11.5 Å². The number of hydrogen-bond acceptors (Lipinski definition) is 6.